The summed E-state index contributed by atoms with van der Waals surface area (Å²) < 4.78 is 13.6. The van der Waals surface area contributed by atoms with Crippen molar-refractivity contribution < 1.29 is 23.9 Å². The number of likely N-dealkylation sites (N-methyl/N-ethyl adjacent to an activating group) is 2. The summed E-state index contributed by atoms with van der Waals surface area (Å²) in [7, 11) is 3.10. The molecule has 3 atom stereocenters. The van der Waals surface area contributed by atoms with Gasteiger partial charge in [0.2, 0.25) is 11.8 Å². The lowest BCUT2D eigenvalue weighted by Gasteiger charge is -2.35. The SMILES string of the molecule is C[C@@H](O)CNC(=O)[C@@H](Cc1ccc(F)cc1)N(C)C(=O)[C@@H](Cc1ccc(-c2ccccc2)cc1)N(C)C(=O)c1cccc(CN)c1. The number of halogens is 1. The molecule has 0 aliphatic rings. The Balaban J connectivity index is 1.67. The van der Waals surface area contributed by atoms with Gasteiger partial charge in [-0.3, -0.25) is 14.4 Å². The Bertz CT molecular complexity index is 1610. The zero-order valence-corrected chi connectivity index (χ0v) is 26.4. The van der Waals surface area contributed by atoms with Crippen LogP contribution in [0.3, 0.4) is 0 Å². The van der Waals surface area contributed by atoms with Gasteiger partial charge in [-0.2, -0.15) is 0 Å². The summed E-state index contributed by atoms with van der Waals surface area (Å²) in [6.45, 7) is 1.80. The molecule has 0 saturated heterocycles. The average molecular weight is 625 g/mol. The molecule has 0 bridgehead atoms. The fraction of sp³-hybridized carbons (Fsp3) is 0.270. The van der Waals surface area contributed by atoms with E-state index in [9.17, 15) is 23.9 Å². The molecule has 0 unspecified atom stereocenters. The molecular formula is C37H41FN4O4. The third-order valence-electron chi connectivity index (χ3n) is 8.00. The van der Waals surface area contributed by atoms with Gasteiger partial charge < -0.3 is 26.0 Å². The van der Waals surface area contributed by atoms with Crippen LogP contribution in [0, 0.1) is 5.82 Å². The van der Waals surface area contributed by atoms with E-state index in [0.717, 1.165) is 22.3 Å². The average Bonchev–Trinajstić information content (AvgIpc) is 3.08. The molecule has 4 aromatic rings. The Kier molecular flexibility index (Phi) is 11.8. The zero-order chi connectivity index (χ0) is 33.2. The van der Waals surface area contributed by atoms with Gasteiger partial charge in [-0.05, 0) is 59.0 Å². The van der Waals surface area contributed by atoms with Crippen LogP contribution in [0.15, 0.2) is 103 Å². The van der Waals surface area contributed by atoms with E-state index in [1.165, 1.54) is 29.0 Å². The highest BCUT2D eigenvalue weighted by molar-refractivity contribution is 5.98. The lowest BCUT2D eigenvalue weighted by molar-refractivity contribution is -0.142. The van der Waals surface area contributed by atoms with Crippen molar-refractivity contribution >= 4 is 17.7 Å². The fourth-order valence-corrected chi connectivity index (χ4v) is 5.26. The number of nitrogens with zero attached hydrogens (tertiary/aromatic N) is 2. The number of amides is 3. The molecule has 0 spiro atoms. The second-order valence-electron chi connectivity index (χ2n) is 11.5. The summed E-state index contributed by atoms with van der Waals surface area (Å²) in [5, 5.41) is 12.5. The number of aliphatic hydroxyl groups is 1. The largest absolute Gasteiger partial charge is 0.392 e. The van der Waals surface area contributed by atoms with Crippen molar-refractivity contribution in [2.45, 2.75) is 44.5 Å². The van der Waals surface area contributed by atoms with Crippen LogP contribution in [0.2, 0.25) is 0 Å². The standard InChI is InChI=1S/C37H41FN4O4/c1-25(43)24-40-35(44)33(21-27-14-18-32(38)19-15-27)41(2)37(46)34(42(3)36(45)31-11-7-8-28(20-31)23-39)22-26-12-16-30(17-13-26)29-9-5-4-6-10-29/h4-20,25,33-34,43H,21-24,39H2,1-3H3,(H,40,44)/t25-,33-,34-/m1/s1. The van der Waals surface area contributed by atoms with Gasteiger partial charge in [0, 0.05) is 45.6 Å². The first-order valence-electron chi connectivity index (χ1n) is 15.2. The Morgan fingerprint density at radius 3 is 1.96 bits per heavy atom. The van der Waals surface area contributed by atoms with Crippen LogP contribution in [0.4, 0.5) is 4.39 Å². The molecule has 4 N–H and O–H groups in total. The normalized spacial score (nSPS) is 12.9. The van der Waals surface area contributed by atoms with Crippen LogP contribution < -0.4 is 11.1 Å². The van der Waals surface area contributed by atoms with E-state index in [1.807, 2.05) is 60.7 Å². The second kappa shape index (κ2) is 15.9. The minimum atomic E-state index is -0.997. The molecule has 4 rings (SSSR count). The molecule has 9 heteroatoms. The molecule has 0 aliphatic carbocycles. The Morgan fingerprint density at radius 2 is 1.35 bits per heavy atom. The van der Waals surface area contributed by atoms with Crippen LogP contribution in [0.5, 0.6) is 0 Å². The maximum absolute atomic E-state index is 14.4. The molecule has 0 radical (unpaired) electrons. The third kappa shape index (κ3) is 8.87. The van der Waals surface area contributed by atoms with E-state index < -0.39 is 35.8 Å². The molecule has 0 aliphatic heterocycles. The minimum absolute atomic E-state index is 0.00611. The highest BCUT2D eigenvalue weighted by Gasteiger charge is 2.35. The summed E-state index contributed by atoms with van der Waals surface area (Å²) in [5.41, 5.74) is 10.5. The van der Waals surface area contributed by atoms with E-state index in [1.54, 1.807) is 44.3 Å². The number of hydrogen-bond donors (Lipinski definition) is 3. The van der Waals surface area contributed by atoms with E-state index in [2.05, 4.69) is 5.32 Å². The lowest BCUT2D eigenvalue weighted by atomic mass is 9.97. The highest BCUT2D eigenvalue weighted by atomic mass is 19.1. The Hall–Kier alpha value is -4.86. The van der Waals surface area contributed by atoms with Gasteiger partial charge in [0.05, 0.1) is 6.10 Å². The minimum Gasteiger partial charge on any atom is -0.392 e. The van der Waals surface area contributed by atoms with Crippen LogP contribution in [-0.4, -0.2) is 71.5 Å². The number of nitrogens with one attached hydrogen (secondary N) is 1. The van der Waals surface area contributed by atoms with E-state index in [-0.39, 0.29) is 31.8 Å². The van der Waals surface area contributed by atoms with E-state index >= 15 is 0 Å². The van der Waals surface area contributed by atoms with Gasteiger partial charge in [-0.25, -0.2) is 4.39 Å². The monoisotopic (exact) mass is 624 g/mol. The number of aliphatic hydroxyl groups excluding tert-OH is 1. The number of nitrogens with two attached hydrogens (primary N) is 1. The van der Waals surface area contributed by atoms with Crippen LogP contribution in [0.25, 0.3) is 11.1 Å². The summed E-state index contributed by atoms with van der Waals surface area (Å²) in [6, 6.07) is 28.5. The highest BCUT2D eigenvalue weighted by Crippen LogP contribution is 2.22. The Morgan fingerprint density at radius 1 is 0.761 bits per heavy atom. The van der Waals surface area contributed by atoms with Crippen molar-refractivity contribution in [3.05, 3.63) is 131 Å². The summed E-state index contributed by atoms with van der Waals surface area (Å²) in [4.78, 5) is 44.3. The van der Waals surface area contributed by atoms with Crippen LogP contribution in [-0.2, 0) is 29.0 Å². The number of benzene rings is 4. The van der Waals surface area contributed by atoms with E-state index in [0.29, 0.717) is 11.1 Å². The van der Waals surface area contributed by atoms with Gasteiger partial charge in [0.1, 0.15) is 17.9 Å². The van der Waals surface area contributed by atoms with E-state index in [4.69, 9.17) is 5.73 Å². The molecule has 4 aromatic carbocycles. The predicted octanol–water partition coefficient (Wildman–Crippen LogP) is 4.20. The predicted molar refractivity (Wildman–Crippen MR) is 177 cm³/mol. The van der Waals surface area contributed by atoms with Crippen molar-refractivity contribution in [1.82, 2.24) is 15.1 Å². The maximum Gasteiger partial charge on any atom is 0.254 e. The Labute approximate surface area is 269 Å². The summed E-state index contributed by atoms with van der Waals surface area (Å²) >= 11 is 0. The molecule has 240 valence electrons. The smallest absolute Gasteiger partial charge is 0.254 e. The second-order valence-corrected chi connectivity index (χ2v) is 11.5. The first-order chi connectivity index (χ1) is 22.1. The topological polar surface area (TPSA) is 116 Å². The molecule has 3 amide bonds. The maximum atomic E-state index is 14.4. The number of hydrogen-bond acceptors (Lipinski definition) is 5. The van der Waals surface area contributed by atoms with Crippen LogP contribution in [0.1, 0.15) is 34.0 Å². The molecular weight excluding hydrogens is 583 g/mol. The summed E-state index contributed by atoms with van der Waals surface area (Å²) in [5.74, 6) is -1.70. The molecule has 0 heterocycles. The molecule has 0 fully saturated rings. The molecule has 8 nitrogen and oxygen atoms in total. The molecule has 46 heavy (non-hydrogen) atoms. The third-order valence-corrected chi connectivity index (χ3v) is 8.00. The lowest BCUT2D eigenvalue weighted by Crippen LogP contribution is -2.56. The van der Waals surface area contributed by atoms with Crippen molar-refractivity contribution in [3.63, 3.8) is 0 Å². The van der Waals surface area contributed by atoms with Crippen molar-refractivity contribution in [3.8, 4) is 11.1 Å². The van der Waals surface area contributed by atoms with Crippen molar-refractivity contribution in [1.29, 1.82) is 0 Å². The zero-order valence-electron chi connectivity index (χ0n) is 26.4. The van der Waals surface area contributed by atoms with Gasteiger partial charge in [-0.1, -0.05) is 78.9 Å². The quantitative estimate of drug-likeness (QED) is 0.206. The summed E-state index contributed by atoms with van der Waals surface area (Å²) in [6.07, 6.45) is -0.505. The molecule has 0 aromatic heterocycles. The van der Waals surface area contributed by atoms with Gasteiger partial charge in [-0.15, -0.1) is 0 Å². The van der Waals surface area contributed by atoms with Gasteiger partial charge >= 0.3 is 0 Å². The van der Waals surface area contributed by atoms with Crippen molar-refractivity contribution in [2.75, 3.05) is 20.6 Å². The number of rotatable bonds is 13. The van der Waals surface area contributed by atoms with Gasteiger partial charge in [0.25, 0.3) is 5.91 Å². The first-order valence-corrected chi connectivity index (χ1v) is 15.2. The van der Waals surface area contributed by atoms with Crippen molar-refractivity contribution in [2.24, 2.45) is 5.73 Å². The first kappa shape index (κ1) is 34.0. The molecule has 0 saturated carbocycles. The van der Waals surface area contributed by atoms with Gasteiger partial charge in [0.15, 0.2) is 0 Å². The van der Waals surface area contributed by atoms with Crippen LogP contribution >= 0.6 is 0 Å². The number of carbonyl (C=O) groups is 3. The fourth-order valence-electron chi connectivity index (χ4n) is 5.26. The number of carbonyl (C=O) groups excluding carboxylic acids is 3.